The zero-order valence-electron chi connectivity index (χ0n) is 57.2. The van der Waals surface area contributed by atoms with Crippen molar-refractivity contribution < 1.29 is 80.2 Å². The summed E-state index contributed by atoms with van der Waals surface area (Å²) in [7, 11) is -9.90. The molecule has 0 heterocycles. The maximum Gasteiger partial charge on any atom is 0.472 e. The molecule has 0 aromatic rings. The molecule has 0 aliphatic rings. The van der Waals surface area contributed by atoms with Gasteiger partial charge in [-0.15, -0.1) is 0 Å². The van der Waals surface area contributed by atoms with Crippen molar-refractivity contribution in [3.63, 3.8) is 0 Å². The molecule has 522 valence electrons. The zero-order valence-corrected chi connectivity index (χ0v) is 59.0. The number of unbranched alkanes of at least 4 members (excludes halogenated alkanes) is 34. The number of hydrogen-bond donors (Lipinski definition) is 3. The van der Waals surface area contributed by atoms with E-state index in [1.165, 1.54) is 148 Å². The van der Waals surface area contributed by atoms with E-state index in [-0.39, 0.29) is 25.7 Å². The van der Waals surface area contributed by atoms with Crippen LogP contribution in [0.5, 0.6) is 0 Å². The summed E-state index contributed by atoms with van der Waals surface area (Å²) in [5, 5.41) is 10.6. The van der Waals surface area contributed by atoms with Gasteiger partial charge in [-0.1, -0.05) is 292 Å². The number of carbonyl (C=O) groups is 4. The Morgan fingerprint density at radius 1 is 0.330 bits per heavy atom. The number of phosphoric acid groups is 2. The summed E-state index contributed by atoms with van der Waals surface area (Å²) in [5.41, 5.74) is 0. The molecule has 3 unspecified atom stereocenters. The van der Waals surface area contributed by atoms with Crippen molar-refractivity contribution >= 4 is 39.5 Å². The summed E-state index contributed by atoms with van der Waals surface area (Å²) in [4.78, 5) is 72.5. The molecule has 0 aliphatic carbocycles. The van der Waals surface area contributed by atoms with E-state index in [1.54, 1.807) is 0 Å². The molecule has 3 N–H and O–H groups in total. The topological polar surface area (TPSA) is 237 Å². The number of aliphatic hydroxyl groups excluding tert-OH is 1. The van der Waals surface area contributed by atoms with E-state index in [9.17, 15) is 43.2 Å². The van der Waals surface area contributed by atoms with Crippen molar-refractivity contribution in [3.8, 4) is 0 Å². The Morgan fingerprint density at radius 3 is 0.864 bits per heavy atom. The van der Waals surface area contributed by atoms with E-state index in [1.807, 2.05) is 0 Å². The Balaban J connectivity index is 5.26. The van der Waals surface area contributed by atoms with E-state index < -0.39 is 97.5 Å². The summed E-state index contributed by atoms with van der Waals surface area (Å²) in [6.45, 7) is 11.7. The van der Waals surface area contributed by atoms with Gasteiger partial charge in [0.1, 0.15) is 19.3 Å². The van der Waals surface area contributed by atoms with E-state index in [2.05, 4.69) is 48.5 Å². The molecular weight excluding hydrogens is 1160 g/mol. The normalized spacial score (nSPS) is 14.5. The summed E-state index contributed by atoms with van der Waals surface area (Å²) < 4.78 is 68.2. The second kappa shape index (κ2) is 60.0. The first-order valence-electron chi connectivity index (χ1n) is 35.9. The van der Waals surface area contributed by atoms with Gasteiger partial charge in [-0.25, -0.2) is 9.13 Å². The van der Waals surface area contributed by atoms with Crippen LogP contribution in [0.2, 0.25) is 0 Å². The molecule has 88 heavy (non-hydrogen) atoms. The van der Waals surface area contributed by atoms with Gasteiger partial charge in [0.2, 0.25) is 0 Å². The van der Waals surface area contributed by atoms with Gasteiger partial charge >= 0.3 is 39.5 Å². The number of aliphatic hydroxyl groups is 1. The number of carbonyl (C=O) groups excluding carboxylic acids is 4. The van der Waals surface area contributed by atoms with Crippen LogP contribution < -0.4 is 0 Å². The third-order valence-electron chi connectivity index (χ3n) is 16.2. The van der Waals surface area contributed by atoms with Gasteiger partial charge in [-0.2, -0.15) is 0 Å². The minimum absolute atomic E-state index is 0.103. The number of ether oxygens (including phenoxy) is 4. The van der Waals surface area contributed by atoms with Gasteiger partial charge in [-0.3, -0.25) is 37.3 Å². The lowest BCUT2D eigenvalue weighted by atomic mass is 9.99. The van der Waals surface area contributed by atoms with E-state index in [4.69, 9.17) is 37.0 Å². The maximum absolute atomic E-state index is 13.0. The standard InChI is InChI=1S/C69H134O17P2/c1-8-10-11-12-13-14-15-16-17-18-19-20-30-38-45-52-68(73)85-64(56-79-66(71)50-43-36-29-24-22-28-35-42-49-62(7)9-2)58-83-87(75,76)81-54-63(70)55-82-88(77,78)84-59-65(57-80-67(72)51-44-37-32-25-27-34-41-48-61(5)6)86-69(74)53-46-39-31-23-21-26-33-40-47-60(3)4/h60-65,70H,8-59H2,1-7H3,(H,75,76)(H,77,78)/t62?,63-,64-,65-/m1/s1. The molecule has 19 heteroatoms. The minimum Gasteiger partial charge on any atom is -0.462 e. The minimum atomic E-state index is -4.95. The van der Waals surface area contributed by atoms with Crippen LogP contribution in [0.4, 0.5) is 0 Å². The number of phosphoric ester groups is 2. The maximum atomic E-state index is 13.0. The summed E-state index contributed by atoms with van der Waals surface area (Å²) in [6, 6.07) is 0. The summed E-state index contributed by atoms with van der Waals surface area (Å²) in [6.07, 6.45) is 43.1. The highest BCUT2D eigenvalue weighted by atomic mass is 31.2. The number of esters is 4. The monoisotopic (exact) mass is 1300 g/mol. The van der Waals surface area contributed by atoms with E-state index in [0.29, 0.717) is 31.6 Å². The van der Waals surface area contributed by atoms with Gasteiger partial charge in [0, 0.05) is 25.7 Å². The third-order valence-corrected chi connectivity index (χ3v) is 18.1. The van der Waals surface area contributed by atoms with Crippen LogP contribution in [0.25, 0.3) is 0 Å². The van der Waals surface area contributed by atoms with Gasteiger partial charge in [-0.05, 0) is 43.4 Å². The van der Waals surface area contributed by atoms with Crippen LogP contribution in [0.15, 0.2) is 0 Å². The van der Waals surface area contributed by atoms with E-state index >= 15 is 0 Å². The molecule has 0 aliphatic heterocycles. The lowest BCUT2D eigenvalue weighted by Crippen LogP contribution is -2.30. The molecule has 0 radical (unpaired) electrons. The molecule has 0 fully saturated rings. The van der Waals surface area contributed by atoms with Crippen LogP contribution in [-0.4, -0.2) is 96.7 Å². The molecule has 6 atom stereocenters. The molecule has 0 bridgehead atoms. The van der Waals surface area contributed by atoms with Gasteiger partial charge in [0.25, 0.3) is 0 Å². The van der Waals surface area contributed by atoms with Crippen molar-refractivity contribution in [2.75, 3.05) is 39.6 Å². The number of hydrogen-bond acceptors (Lipinski definition) is 15. The van der Waals surface area contributed by atoms with Crippen LogP contribution in [0, 0.1) is 17.8 Å². The molecule has 0 saturated carbocycles. The van der Waals surface area contributed by atoms with Crippen molar-refractivity contribution in [1.29, 1.82) is 0 Å². The Kier molecular flexibility index (Phi) is 58.7. The highest BCUT2D eigenvalue weighted by Crippen LogP contribution is 2.45. The highest BCUT2D eigenvalue weighted by Gasteiger charge is 2.30. The van der Waals surface area contributed by atoms with Gasteiger partial charge in [0.15, 0.2) is 12.2 Å². The van der Waals surface area contributed by atoms with Crippen LogP contribution in [0.3, 0.4) is 0 Å². The van der Waals surface area contributed by atoms with Gasteiger partial charge in [0.05, 0.1) is 26.4 Å². The first-order chi connectivity index (χ1) is 42.3. The van der Waals surface area contributed by atoms with Gasteiger partial charge < -0.3 is 33.8 Å². The fourth-order valence-corrected chi connectivity index (χ4v) is 11.9. The van der Waals surface area contributed by atoms with Crippen molar-refractivity contribution in [2.45, 2.75) is 362 Å². The molecule has 0 amide bonds. The predicted molar refractivity (Wildman–Crippen MR) is 354 cm³/mol. The Morgan fingerprint density at radius 2 is 0.580 bits per heavy atom. The molecule has 0 aromatic carbocycles. The van der Waals surface area contributed by atoms with Crippen LogP contribution in [-0.2, 0) is 65.4 Å². The molecule has 17 nitrogen and oxygen atoms in total. The van der Waals surface area contributed by atoms with Crippen molar-refractivity contribution in [2.24, 2.45) is 17.8 Å². The average molecular weight is 1300 g/mol. The molecule has 0 aromatic heterocycles. The third kappa shape index (κ3) is 61.6. The SMILES string of the molecule is CCCCCCCCCCCCCCCCCC(=O)O[C@H](COC(=O)CCCCCCCCCCC(C)CC)COP(=O)(O)OC[C@@H](O)COP(=O)(O)OC[C@@H](COC(=O)CCCCCCCCCC(C)C)OC(=O)CCCCCCCCCCC(C)C. The highest BCUT2D eigenvalue weighted by molar-refractivity contribution is 7.47. The Hall–Kier alpha value is -1.94. The van der Waals surface area contributed by atoms with Crippen LogP contribution in [0.1, 0.15) is 344 Å². The Labute approximate surface area is 537 Å². The molecule has 0 rings (SSSR count). The second-order valence-corrected chi connectivity index (χ2v) is 29.0. The number of rotatable bonds is 67. The first kappa shape index (κ1) is 86.1. The summed E-state index contributed by atoms with van der Waals surface area (Å²) in [5.74, 6) is 0.0713. The lowest BCUT2D eigenvalue weighted by molar-refractivity contribution is -0.161. The van der Waals surface area contributed by atoms with Crippen molar-refractivity contribution in [3.05, 3.63) is 0 Å². The second-order valence-electron chi connectivity index (χ2n) is 26.1. The Bertz CT molecular complexity index is 1730. The van der Waals surface area contributed by atoms with Crippen LogP contribution >= 0.6 is 15.6 Å². The quantitative estimate of drug-likeness (QED) is 0.0222. The molecule has 0 saturated heterocycles. The predicted octanol–water partition coefficient (Wildman–Crippen LogP) is 19.5. The van der Waals surface area contributed by atoms with E-state index in [0.717, 1.165) is 108 Å². The smallest absolute Gasteiger partial charge is 0.462 e. The summed E-state index contributed by atoms with van der Waals surface area (Å²) >= 11 is 0. The largest absolute Gasteiger partial charge is 0.472 e. The zero-order chi connectivity index (χ0) is 65.2. The fourth-order valence-electron chi connectivity index (χ4n) is 10.3. The van der Waals surface area contributed by atoms with Crippen molar-refractivity contribution in [1.82, 2.24) is 0 Å². The molecule has 0 spiro atoms. The average Bonchev–Trinajstić information content (AvgIpc) is 3.70. The first-order valence-corrected chi connectivity index (χ1v) is 38.9. The fraction of sp³-hybridized carbons (Fsp3) is 0.942. The molecular formula is C69H134O17P2. The lowest BCUT2D eigenvalue weighted by Gasteiger charge is -2.21.